The van der Waals surface area contributed by atoms with E-state index >= 15 is 0 Å². The summed E-state index contributed by atoms with van der Waals surface area (Å²) in [6.45, 7) is 7.66. The van der Waals surface area contributed by atoms with E-state index < -0.39 is 5.82 Å². The third kappa shape index (κ3) is 3.37. The van der Waals surface area contributed by atoms with Crippen molar-refractivity contribution in [2.24, 2.45) is 0 Å². The first kappa shape index (κ1) is 16.2. The molecule has 1 atom stereocenters. The van der Waals surface area contributed by atoms with Gasteiger partial charge in [-0.3, -0.25) is 9.69 Å². The van der Waals surface area contributed by atoms with E-state index in [-0.39, 0.29) is 11.6 Å². The highest BCUT2D eigenvalue weighted by molar-refractivity contribution is 9.10. The van der Waals surface area contributed by atoms with E-state index in [0.717, 1.165) is 26.1 Å². The Morgan fingerprint density at radius 2 is 2.14 bits per heavy atom. The minimum absolute atomic E-state index is 0.000963. The molecule has 0 bridgehead atoms. The minimum atomic E-state index is -0.513. The summed E-state index contributed by atoms with van der Waals surface area (Å²) in [7, 11) is 0. The van der Waals surface area contributed by atoms with Crippen LogP contribution in [0.5, 0.6) is 0 Å². The van der Waals surface area contributed by atoms with Gasteiger partial charge in [-0.2, -0.15) is 0 Å². The maximum absolute atomic E-state index is 13.4. The number of benzene rings is 1. The number of nitrogens with two attached hydrogens (primary N) is 1. The highest BCUT2D eigenvalue weighted by atomic mass is 79.9. The zero-order valence-electron chi connectivity index (χ0n) is 12.4. The third-order valence-corrected chi connectivity index (χ3v) is 4.75. The molecule has 1 heterocycles. The van der Waals surface area contributed by atoms with E-state index in [0.29, 0.717) is 22.6 Å². The van der Waals surface area contributed by atoms with Gasteiger partial charge in [0.25, 0.3) is 5.91 Å². The summed E-state index contributed by atoms with van der Waals surface area (Å²) in [6.07, 6.45) is 0.974. The number of halogens is 2. The molecule has 1 aromatic rings. The van der Waals surface area contributed by atoms with Crippen LogP contribution in [-0.2, 0) is 0 Å². The fraction of sp³-hybridized carbons (Fsp3) is 0.533. The summed E-state index contributed by atoms with van der Waals surface area (Å²) in [5, 5.41) is 0. The van der Waals surface area contributed by atoms with Crippen molar-refractivity contribution in [3.8, 4) is 0 Å². The molecule has 0 radical (unpaired) electrons. The van der Waals surface area contributed by atoms with E-state index in [1.807, 2.05) is 4.90 Å². The van der Waals surface area contributed by atoms with Crippen LogP contribution < -0.4 is 5.73 Å². The first-order chi connectivity index (χ1) is 9.97. The van der Waals surface area contributed by atoms with Crippen molar-refractivity contribution in [1.29, 1.82) is 0 Å². The molecule has 6 heteroatoms. The molecule has 116 valence electrons. The highest BCUT2D eigenvalue weighted by Crippen LogP contribution is 2.26. The summed E-state index contributed by atoms with van der Waals surface area (Å²) in [5.41, 5.74) is 6.00. The average Bonchev–Trinajstić information content (AvgIpc) is 2.93. The molecule has 1 aliphatic rings. The normalized spacial score (nSPS) is 18.5. The molecule has 0 aliphatic carbocycles. The molecule has 1 amide bonds. The SMILES string of the molecule is CCN(CC)C1CCN(C(=O)c2cc(N)c(F)cc2Br)C1. The molecule has 4 nitrogen and oxygen atoms in total. The Balaban J connectivity index is 2.13. The van der Waals surface area contributed by atoms with Crippen LogP contribution >= 0.6 is 15.9 Å². The Labute approximate surface area is 133 Å². The van der Waals surface area contributed by atoms with Crippen LogP contribution in [0.15, 0.2) is 16.6 Å². The lowest BCUT2D eigenvalue weighted by Crippen LogP contribution is -2.38. The van der Waals surface area contributed by atoms with Gasteiger partial charge in [-0.1, -0.05) is 13.8 Å². The summed E-state index contributed by atoms with van der Waals surface area (Å²) >= 11 is 3.25. The van der Waals surface area contributed by atoms with Crippen molar-refractivity contribution in [2.75, 3.05) is 31.9 Å². The number of carbonyl (C=O) groups is 1. The van der Waals surface area contributed by atoms with Gasteiger partial charge >= 0.3 is 0 Å². The van der Waals surface area contributed by atoms with Gasteiger partial charge in [0, 0.05) is 23.6 Å². The van der Waals surface area contributed by atoms with Crippen LogP contribution in [0.1, 0.15) is 30.6 Å². The second-order valence-electron chi connectivity index (χ2n) is 5.27. The van der Waals surface area contributed by atoms with Gasteiger partial charge in [0.05, 0.1) is 11.3 Å². The van der Waals surface area contributed by atoms with E-state index in [4.69, 9.17) is 5.73 Å². The number of hydrogen-bond acceptors (Lipinski definition) is 3. The Kier molecular flexibility index (Phi) is 5.22. The smallest absolute Gasteiger partial charge is 0.255 e. The number of hydrogen-bond donors (Lipinski definition) is 1. The number of likely N-dealkylation sites (tertiary alicyclic amines) is 1. The van der Waals surface area contributed by atoms with E-state index in [2.05, 4.69) is 34.7 Å². The van der Waals surface area contributed by atoms with Crippen LogP contribution in [0.4, 0.5) is 10.1 Å². The maximum atomic E-state index is 13.4. The van der Waals surface area contributed by atoms with Crippen LogP contribution in [-0.4, -0.2) is 47.9 Å². The van der Waals surface area contributed by atoms with Gasteiger partial charge < -0.3 is 10.6 Å². The topological polar surface area (TPSA) is 49.6 Å². The van der Waals surface area contributed by atoms with Crippen molar-refractivity contribution in [3.63, 3.8) is 0 Å². The van der Waals surface area contributed by atoms with Gasteiger partial charge in [0.15, 0.2) is 0 Å². The fourth-order valence-electron chi connectivity index (χ4n) is 2.86. The van der Waals surface area contributed by atoms with Gasteiger partial charge in [-0.15, -0.1) is 0 Å². The molecule has 1 aromatic carbocycles. The number of anilines is 1. The fourth-order valence-corrected chi connectivity index (χ4v) is 3.35. The maximum Gasteiger partial charge on any atom is 0.255 e. The van der Waals surface area contributed by atoms with Crippen molar-refractivity contribution in [2.45, 2.75) is 26.3 Å². The largest absolute Gasteiger partial charge is 0.396 e. The average molecular weight is 358 g/mol. The van der Waals surface area contributed by atoms with E-state index in [9.17, 15) is 9.18 Å². The monoisotopic (exact) mass is 357 g/mol. The quantitative estimate of drug-likeness (QED) is 0.842. The molecular weight excluding hydrogens is 337 g/mol. The molecule has 1 fully saturated rings. The van der Waals surface area contributed by atoms with Crippen molar-refractivity contribution >= 4 is 27.5 Å². The third-order valence-electron chi connectivity index (χ3n) is 4.10. The van der Waals surface area contributed by atoms with Crippen molar-refractivity contribution in [1.82, 2.24) is 9.80 Å². The molecule has 1 saturated heterocycles. The Morgan fingerprint density at radius 1 is 1.48 bits per heavy atom. The number of nitrogen functional groups attached to an aromatic ring is 1. The van der Waals surface area contributed by atoms with Crippen LogP contribution in [0.2, 0.25) is 0 Å². The molecule has 0 aromatic heterocycles. The van der Waals surface area contributed by atoms with Crippen LogP contribution in [0, 0.1) is 5.82 Å². The molecular formula is C15H21BrFN3O. The highest BCUT2D eigenvalue weighted by Gasteiger charge is 2.30. The molecule has 21 heavy (non-hydrogen) atoms. The molecule has 0 spiro atoms. The Morgan fingerprint density at radius 3 is 2.76 bits per heavy atom. The number of rotatable bonds is 4. The summed E-state index contributed by atoms with van der Waals surface area (Å²) in [4.78, 5) is 16.8. The first-order valence-corrected chi connectivity index (χ1v) is 8.05. The van der Waals surface area contributed by atoms with Crippen LogP contribution in [0.25, 0.3) is 0 Å². The van der Waals surface area contributed by atoms with Crippen molar-refractivity contribution in [3.05, 3.63) is 28.0 Å². The molecule has 1 unspecified atom stereocenters. The van der Waals surface area contributed by atoms with Gasteiger partial charge in [-0.25, -0.2) is 4.39 Å². The predicted molar refractivity (Wildman–Crippen MR) is 85.7 cm³/mol. The van der Waals surface area contributed by atoms with Gasteiger partial charge in [0.1, 0.15) is 5.82 Å². The summed E-state index contributed by atoms with van der Waals surface area (Å²) in [6, 6.07) is 3.06. The van der Waals surface area contributed by atoms with Gasteiger partial charge in [-0.05, 0) is 47.6 Å². The minimum Gasteiger partial charge on any atom is -0.396 e. The number of amides is 1. The number of nitrogens with zero attached hydrogens (tertiary/aromatic N) is 2. The van der Waals surface area contributed by atoms with E-state index in [1.165, 1.54) is 12.1 Å². The lowest BCUT2D eigenvalue weighted by Gasteiger charge is -2.26. The first-order valence-electron chi connectivity index (χ1n) is 7.25. The zero-order valence-corrected chi connectivity index (χ0v) is 14.0. The lowest BCUT2D eigenvalue weighted by atomic mass is 10.1. The zero-order chi connectivity index (χ0) is 15.6. The predicted octanol–water partition coefficient (Wildman–Crippen LogP) is 2.73. The standard InChI is InChI=1S/C15H21BrFN3O/c1-3-19(4-2)10-5-6-20(9-10)15(21)11-7-14(18)13(17)8-12(11)16/h7-8,10H,3-6,9,18H2,1-2H3. The lowest BCUT2D eigenvalue weighted by molar-refractivity contribution is 0.0777. The molecule has 0 saturated carbocycles. The second kappa shape index (κ2) is 6.75. The van der Waals surface area contributed by atoms with E-state index in [1.54, 1.807) is 0 Å². The molecule has 2 rings (SSSR count). The Hall–Kier alpha value is -1.14. The van der Waals surface area contributed by atoms with Crippen LogP contribution in [0.3, 0.4) is 0 Å². The Bertz CT molecular complexity index is 534. The molecule has 2 N–H and O–H groups in total. The summed E-state index contributed by atoms with van der Waals surface area (Å²) < 4.78 is 13.8. The second-order valence-corrected chi connectivity index (χ2v) is 6.12. The number of likely N-dealkylation sites (N-methyl/N-ethyl adjacent to an activating group) is 1. The number of carbonyl (C=O) groups excluding carboxylic acids is 1. The summed E-state index contributed by atoms with van der Waals surface area (Å²) in [5.74, 6) is -0.607. The van der Waals surface area contributed by atoms with Gasteiger partial charge in [0.2, 0.25) is 0 Å². The van der Waals surface area contributed by atoms with Crippen molar-refractivity contribution < 1.29 is 9.18 Å². The molecule has 1 aliphatic heterocycles.